The van der Waals surface area contributed by atoms with Gasteiger partial charge in [0.1, 0.15) is 0 Å². The van der Waals surface area contributed by atoms with Crippen LogP contribution in [-0.4, -0.2) is 83.3 Å². The molecule has 10 nitrogen and oxygen atoms in total. The van der Waals surface area contributed by atoms with E-state index in [4.69, 9.17) is 0 Å². The number of carbonyl (C=O) groups excluding carboxylic acids is 10. The second kappa shape index (κ2) is 48.4. The number of carbonyl (C=O) groups is 10. The normalized spacial score (nSPS) is 12.6. The van der Waals surface area contributed by atoms with Crippen molar-refractivity contribution in [3.05, 3.63) is 60.8 Å². The van der Waals surface area contributed by atoms with E-state index in [2.05, 4.69) is 39.8 Å². The summed E-state index contributed by atoms with van der Waals surface area (Å²) >= 11 is 6.71. The number of Topliss-reactive ketones (excluding diaryl/α,β-unsaturated/α-hetero) is 5. The van der Waals surface area contributed by atoms with Crippen molar-refractivity contribution in [1.29, 1.82) is 0 Å². The number of hydrogen-bond acceptors (Lipinski definition) is 15. The molecule has 0 bridgehead atoms. The monoisotopic (exact) mass is 1070 g/mol. The molecule has 1 rings (SSSR count). The molecule has 2 unspecified atom stereocenters. The maximum atomic E-state index is 11.3. The van der Waals surface area contributed by atoms with Gasteiger partial charge in [-0.25, -0.2) is 0 Å². The van der Waals surface area contributed by atoms with E-state index in [-0.39, 0.29) is 60.4 Å². The number of allylic oxidation sites excluding steroid dienone is 5. The first kappa shape index (κ1) is 73.7. The van der Waals surface area contributed by atoms with Crippen molar-refractivity contribution in [3.8, 4) is 0 Å². The van der Waals surface area contributed by atoms with E-state index >= 15 is 0 Å². The molecule has 0 aliphatic carbocycles. The Kier molecular flexibility index (Phi) is 51.0. The second-order valence-electron chi connectivity index (χ2n) is 17.5. The Morgan fingerprint density at radius 3 is 1.13 bits per heavy atom. The van der Waals surface area contributed by atoms with Crippen LogP contribution in [-0.2, 0) is 47.9 Å². The van der Waals surface area contributed by atoms with Crippen molar-refractivity contribution in [2.24, 2.45) is 11.8 Å². The molecule has 0 aromatic rings. The van der Waals surface area contributed by atoms with Crippen LogP contribution in [0.2, 0.25) is 0 Å². The minimum atomic E-state index is -0.0424. The van der Waals surface area contributed by atoms with Crippen LogP contribution in [0.4, 0.5) is 0 Å². The minimum absolute atomic E-state index is 0.0239. The fraction of sp³-hybridized carbons (Fsp3) is 0.636. The molecule has 0 spiro atoms. The summed E-state index contributed by atoms with van der Waals surface area (Å²) in [5, 5.41) is 0.811. The Bertz CT molecular complexity index is 1730. The molecule has 70 heavy (non-hydrogen) atoms. The summed E-state index contributed by atoms with van der Waals surface area (Å²) in [4.78, 5) is 109. The van der Waals surface area contributed by atoms with Gasteiger partial charge in [0.05, 0.1) is 0 Å². The van der Waals surface area contributed by atoms with Gasteiger partial charge < -0.3 is 0 Å². The third-order valence-corrected chi connectivity index (χ3v) is 14.7. The summed E-state index contributed by atoms with van der Waals surface area (Å²) < 4.78 is 0. The van der Waals surface area contributed by atoms with E-state index in [1.807, 2.05) is 0 Å². The van der Waals surface area contributed by atoms with Gasteiger partial charge in [0.15, 0.2) is 54.5 Å². The summed E-state index contributed by atoms with van der Waals surface area (Å²) in [6.45, 7) is 35.0. The van der Waals surface area contributed by atoms with Gasteiger partial charge in [-0.15, -0.1) is 0 Å². The highest BCUT2D eigenvalue weighted by Crippen LogP contribution is 2.28. The van der Waals surface area contributed by atoms with Gasteiger partial charge in [0, 0.05) is 94.5 Å². The van der Waals surface area contributed by atoms with Crippen molar-refractivity contribution in [2.75, 3.05) is 28.8 Å². The average molecular weight is 1070 g/mol. The molecule has 0 saturated carbocycles. The summed E-state index contributed by atoms with van der Waals surface area (Å²) in [5.41, 5.74) is 3.10. The lowest BCUT2D eigenvalue weighted by molar-refractivity contribution is -0.121. The molecule has 0 radical (unpaired) electrons. The second-order valence-corrected chi connectivity index (χ2v) is 23.6. The van der Waals surface area contributed by atoms with E-state index in [0.29, 0.717) is 65.9 Å². The van der Waals surface area contributed by atoms with Crippen LogP contribution in [0.25, 0.3) is 0 Å². The molecular formula is C55H88O10S5. The third-order valence-electron chi connectivity index (χ3n) is 9.84. The molecule has 0 N–H and O–H groups in total. The average Bonchev–Trinajstić information content (AvgIpc) is 3.68. The quantitative estimate of drug-likeness (QED) is 0.0460. The molecular weight excluding hydrogens is 981 g/mol. The maximum Gasteiger partial charge on any atom is 0.192 e. The van der Waals surface area contributed by atoms with Crippen molar-refractivity contribution in [1.82, 2.24) is 0 Å². The predicted molar refractivity (Wildman–Crippen MR) is 305 cm³/mol. The Morgan fingerprint density at radius 1 is 0.457 bits per heavy atom. The zero-order chi connectivity index (χ0) is 54.6. The highest BCUT2D eigenvalue weighted by Gasteiger charge is 2.27. The number of hydrogen-bond donors (Lipinski definition) is 0. The molecule has 398 valence electrons. The number of ketones is 5. The molecule has 0 amide bonds. The third kappa shape index (κ3) is 54.5. The van der Waals surface area contributed by atoms with Crippen molar-refractivity contribution >= 4 is 113 Å². The topological polar surface area (TPSA) is 171 Å². The van der Waals surface area contributed by atoms with E-state index in [0.717, 1.165) is 86.6 Å². The number of unbranched alkanes of at least 4 members (excludes halogenated alkanes) is 7. The Balaban J connectivity index is -0.000000392. The van der Waals surface area contributed by atoms with Gasteiger partial charge >= 0.3 is 0 Å². The smallest absolute Gasteiger partial charge is 0.192 e. The number of rotatable bonds is 32. The van der Waals surface area contributed by atoms with E-state index < -0.39 is 0 Å². The van der Waals surface area contributed by atoms with Gasteiger partial charge in [0.25, 0.3) is 0 Å². The summed E-state index contributed by atoms with van der Waals surface area (Å²) in [5.74, 6) is 5.30. The highest BCUT2D eigenvalue weighted by atomic mass is 32.2. The predicted octanol–water partition coefficient (Wildman–Crippen LogP) is 14.3. The molecule has 1 aliphatic rings. The van der Waals surface area contributed by atoms with Crippen LogP contribution in [0.5, 0.6) is 0 Å². The minimum Gasteiger partial charge on any atom is -0.295 e. The van der Waals surface area contributed by atoms with Crippen LogP contribution in [0.3, 0.4) is 0 Å². The largest absolute Gasteiger partial charge is 0.295 e. The van der Waals surface area contributed by atoms with E-state index in [9.17, 15) is 47.9 Å². The molecule has 1 aliphatic heterocycles. The first-order valence-electron chi connectivity index (χ1n) is 24.3. The standard InChI is InChI=1S/C15H26O2S.C12H20O2S.C10H16O2S.C9H12O2S.C9H14O2S/c1-13(2)15(17)11-9-7-5-4-6-8-10-12-18-14(3)16;1-9(2)12(14)7-5-6-10(3)8-15-11(4)13;1-8(2)10(12)6-4-5-7-13-9(3)11;1-6(2)8(10)5-7-3-4-12-9(7)11;1-7(2)9(11)5-4-6-12-8(3)10/h1,4-12H2,2-3H3;10H,1,5-8H2,2-4H3;1,4-7H2,2-3H3;7H,1,3-5H2,2H3;1,4-6H2,2-3H3. The van der Waals surface area contributed by atoms with Gasteiger partial charge in [-0.05, 0) is 120 Å². The van der Waals surface area contributed by atoms with Gasteiger partial charge in [-0.2, -0.15) is 0 Å². The Morgan fingerprint density at radius 2 is 0.771 bits per heavy atom. The fourth-order valence-corrected chi connectivity index (χ4v) is 9.04. The molecule has 1 saturated heterocycles. The molecule has 0 aromatic carbocycles. The molecule has 1 heterocycles. The van der Waals surface area contributed by atoms with Crippen molar-refractivity contribution in [3.63, 3.8) is 0 Å². The van der Waals surface area contributed by atoms with Gasteiger partial charge in [-0.1, -0.05) is 131 Å². The maximum absolute atomic E-state index is 11.3. The first-order valence-corrected chi connectivity index (χ1v) is 29.2. The van der Waals surface area contributed by atoms with E-state index in [1.54, 1.807) is 55.4 Å². The lowest BCUT2D eigenvalue weighted by atomic mass is 9.99. The van der Waals surface area contributed by atoms with Crippen molar-refractivity contribution in [2.45, 2.75) is 185 Å². The fourth-order valence-electron chi connectivity index (χ4n) is 5.47. The van der Waals surface area contributed by atoms with Crippen molar-refractivity contribution < 1.29 is 47.9 Å². The zero-order valence-corrected chi connectivity index (χ0v) is 48.7. The zero-order valence-electron chi connectivity index (χ0n) is 44.6. The van der Waals surface area contributed by atoms with E-state index in [1.165, 1.54) is 91.4 Å². The molecule has 2 atom stereocenters. The van der Waals surface area contributed by atoms with Gasteiger partial charge in [0.2, 0.25) is 0 Å². The van der Waals surface area contributed by atoms with Crippen LogP contribution < -0.4 is 0 Å². The van der Waals surface area contributed by atoms with Crippen LogP contribution in [0.15, 0.2) is 60.8 Å². The SMILES string of the molecule is C=C(C)C(=O)CC1CCSC1=O.C=C(C)C(=O)CCCC(C)CSC(C)=O.C=C(C)C(=O)CCCCCCCCCSC(C)=O.C=C(C)C(=O)CCCCSC(C)=O.C=C(C)C(=O)CCCSC(C)=O. The Hall–Kier alpha value is -2.85. The molecule has 15 heteroatoms. The highest BCUT2D eigenvalue weighted by molar-refractivity contribution is 8.14. The molecule has 0 aromatic heterocycles. The van der Waals surface area contributed by atoms with Crippen LogP contribution >= 0.6 is 58.8 Å². The number of thioether (sulfide) groups is 5. The lowest BCUT2D eigenvalue weighted by Crippen LogP contribution is -2.11. The summed E-state index contributed by atoms with van der Waals surface area (Å²) in [7, 11) is 0. The summed E-state index contributed by atoms with van der Waals surface area (Å²) in [6.07, 6.45) is 16.1. The Labute approximate surface area is 444 Å². The first-order chi connectivity index (χ1) is 32.6. The summed E-state index contributed by atoms with van der Waals surface area (Å²) in [6, 6.07) is 0. The van der Waals surface area contributed by atoms with Crippen LogP contribution in [0, 0.1) is 11.8 Å². The van der Waals surface area contributed by atoms with Gasteiger partial charge in [-0.3, -0.25) is 47.9 Å². The van der Waals surface area contributed by atoms with Crippen LogP contribution in [0.1, 0.15) is 185 Å². The molecule has 1 fully saturated rings. The lowest BCUT2D eigenvalue weighted by Gasteiger charge is -2.08.